The molecule has 0 aliphatic heterocycles. The van der Waals surface area contributed by atoms with E-state index in [0.29, 0.717) is 11.6 Å². The van der Waals surface area contributed by atoms with Crippen LogP contribution < -0.4 is 16.0 Å². The number of fused-ring (bicyclic) bond motifs is 1. The lowest BCUT2D eigenvalue weighted by Gasteiger charge is -2.07. The Bertz CT molecular complexity index is 852. The molecule has 1 aromatic heterocycles. The first-order valence-electron chi connectivity index (χ1n) is 7.61. The molecule has 0 radical (unpaired) electrons. The summed E-state index contributed by atoms with van der Waals surface area (Å²) in [6.07, 6.45) is 0. The summed E-state index contributed by atoms with van der Waals surface area (Å²) in [6.45, 7) is 0.980. The van der Waals surface area contributed by atoms with Crippen LogP contribution in [0.3, 0.4) is 0 Å². The average Bonchev–Trinajstić information content (AvgIpc) is 2.95. The molecule has 0 spiro atoms. The van der Waals surface area contributed by atoms with Crippen LogP contribution in [-0.4, -0.2) is 43.5 Å². The smallest absolute Gasteiger partial charge is 0.325 e. The van der Waals surface area contributed by atoms with Gasteiger partial charge in [0.05, 0.1) is 5.02 Å². The normalized spacial score (nSPS) is 10.2. The van der Waals surface area contributed by atoms with Gasteiger partial charge in [0.1, 0.15) is 11.4 Å². The zero-order valence-electron chi connectivity index (χ0n) is 13.8. The number of carbonyl (C=O) groups excluding carboxylic acids is 4. The maximum Gasteiger partial charge on any atom is 0.325 e. The minimum Gasteiger partial charge on any atom is -0.454 e. The third kappa shape index (κ3) is 5.17. The van der Waals surface area contributed by atoms with Crippen LogP contribution in [0.2, 0.25) is 5.02 Å². The molecule has 138 valence electrons. The largest absolute Gasteiger partial charge is 0.454 e. The molecule has 10 heteroatoms. The van der Waals surface area contributed by atoms with E-state index < -0.39 is 37.0 Å². The lowest BCUT2D eigenvalue weighted by atomic mass is 10.2. The van der Waals surface area contributed by atoms with Crippen LogP contribution in [0.5, 0.6) is 0 Å². The molecular formula is C16H16ClN3O5S. The highest BCUT2D eigenvalue weighted by molar-refractivity contribution is 7.21. The molecular weight excluding hydrogens is 382 g/mol. The van der Waals surface area contributed by atoms with E-state index in [2.05, 4.69) is 15.4 Å². The molecule has 3 N–H and O–H groups in total. The summed E-state index contributed by atoms with van der Waals surface area (Å²) < 4.78 is 5.54. The van der Waals surface area contributed by atoms with Crippen LogP contribution >= 0.6 is 22.9 Å². The summed E-state index contributed by atoms with van der Waals surface area (Å²) in [5.74, 6) is -2.11. The first kappa shape index (κ1) is 19.7. The Morgan fingerprint density at radius 3 is 2.58 bits per heavy atom. The zero-order valence-corrected chi connectivity index (χ0v) is 15.3. The van der Waals surface area contributed by atoms with Gasteiger partial charge in [-0.05, 0) is 13.0 Å². The Labute approximate surface area is 157 Å². The average molecular weight is 398 g/mol. The number of rotatable bonds is 6. The standard InChI is InChI=1S/C16H16ClN3O5S/c1-2-18-16(24)20-11(21)8-25-12(22)7-19-15(23)14-13(17)9-5-3-4-6-10(9)26-14/h3-6H,2,7-8H2,1H3,(H,19,23)(H2,18,20,21,24). The number of hydrogen-bond donors (Lipinski definition) is 3. The highest BCUT2D eigenvalue weighted by Gasteiger charge is 2.18. The van der Waals surface area contributed by atoms with Crippen molar-refractivity contribution in [2.24, 2.45) is 0 Å². The molecule has 0 atom stereocenters. The van der Waals surface area contributed by atoms with Gasteiger partial charge >= 0.3 is 12.0 Å². The van der Waals surface area contributed by atoms with E-state index in [-0.39, 0.29) is 4.88 Å². The molecule has 0 unspecified atom stereocenters. The Morgan fingerprint density at radius 2 is 1.88 bits per heavy atom. The van der Waals surface area contributed by atoms with Gasteiger partial charge in [0.15, 0.2) is 6.61 Å². The molecule has 2 aromatic rings. The summed E-state index contributed by atoms with van der Waals surface area (Å²) in [7, 11) is 0. The number of carbonyl (C=O) groups is 4. The van der Waals surface area contributed by atoms with Crippen molar-refractivity contribution in [3.8, 4) is 0 Å². The van der Waals surface area contributed by atoms with Gasteiger partial charge in [0.2, 0.25) is 0 Å². The second kappa shape index (κ2) is 9.16. The topological polar surface area (TPSA) is 114 Å². The highest BCUT2D eigenvalue weighted by Crippen LogP contribution is 2.34. The second-order valence-electron chi connectivity index (χ2n) is 4.99. The van der Waals surface area contributed by atoms with Gasteiger partial charge in [-0.1, -0.05) is 29.8 Å². The number of urea groups is 1. The lowest BCUT2D eigenvalue weighted by molar-refractivity contribution is -0.147. The second-order valence-corrected chi connectivity index (χ2v) is 6.42. The van der Waals surface area contributed by atoms with E-state index in [1.165, 1.54) is 11.3 Å². The molecule has 0 aliphatic rings. The fourth-order valence-electron chi connectivity index (χ4n) is 1.96. The first-order chi connectivity index (χ1) is 12.4. The number of halogens is 1. The summed E-state index contributed by atoms with van der Waals surface area (Å²) in [5.41, 5.74) is 0. The number of esters is 1. The fraction of sp³-hybridized carbons (Fsp3) is 0.250. The van der Waals surface area contributed by atoms with Crippen molar-refractivity contribution in [3.63, 3.8) is 0 Å². The van der Waals surface area contributed by atoms with Crippen LogP contribution in [0.15, 0.2) is 24.3 Å². The molecule has 2 rings (SSSR count). The predicted molar refractivity (Wildman–Crippen MR) is 97.3 cm³/mol. The molecule has 0 aliphatic carbocycles. The minimum atomic E-state index is -0.818. The van der Waals surface area contributed by atoms with Crippen LogP contribution in [0, 0.1) is 0 Å². The molecule has 1 heterocycles. The molecule has 8 nitrogen and oxygen atoms in total. The third-order valence-corrected chi connectivity index (χ3v) is 4.76. The van der Waals surface area contributed by atoms with Crippen molar-refractivity contribution in [1.82, 2.24) is 16.0 Å². The lowest BCUT2D eigenvalue weighted by Crippen LogP contribution is -2.41. The van der Waals surface area contributed by atoms with Gasteiger partial charge in [0.25, 0.3) is 11.8 Å². The van der Waals surface area contributed by atoms with E-state index in [0.717, 1.165) is 10.1 Å². The number of amides is 4. The van der Waals surface area contributed by atoms with E-state index in [9.17, 15) is 19.2 Å². The summed E-state index contributed by atoms with van der Waals surface area (Å²) >= 11 is 7.40. The van der Waals surface area contributed by atoms with Crippen LogP contribution in [-0.2, 0) is 14.3 Å². The number of nitrogens with one attached hydrogen (secondary N) is 3. The number of hydrogen-bond acceptors (Lipinski definition) is 6. The van der Waals surface area contributed by atoms with Crippen molar-refractivity contribution >= 4 is 56.8 Å². The van der Waals surface area contributed by atoms with Crippen molar-refractivity contribution in [1.29, 1.82) is 0 Å². The van der Waals surface area contributed by atoms with Crippen molar-refractivity contribution in [2.75, 3.05) is 19.7 Å². The van der Waals surface area contributed by atoms with Crippen LogP contribution in [0.4, 0.5) is 4.79 Å². The Kier molecular flexibility index (Phi) is 6.93. The van der Waals surface area contributed by atoms with E-state index in [4.69, 9.17) is 11.6 Å². The van der Waals surface area contributed by atoms with E-state index in [1.807, 2.05) is 23.5 Å². The number of thiophene rings is 1. The van der Waals surface area contributed by atoms with Gasteiger partial charge in [0, 0.05) is 16.6 Å². The van der Waals surface area contributed by atoms with Gasteiger partial charge in [-0.25, -0.2) is 4.79 Å². The van der Waals surface area contributed by atoms with Crippen LogP contribution in [0.1, 0.15) is 16.6 Å². The van der Waals surface area contributed by atoms with Crippen molar-refractivity contribution in [2.45, 2.75) is 6.92 Å². The number of benzene rings is 1. The Morgan fingerprint density at radius 1 is 1.15 bits per heavy atom. The van der Waals surface area contributed by atoms with Gasteiger partial charge < -0.3 is 15.4 Å². The Hall–Kier alpha value is -2.65. The maximum absolute atomic E-state index is 12.2. The fourth-order valence-corrected chi connectivity index (χ4v) is 3.39. The molecule has 0 fully saturated rings. The first-order valence-corrected chi connectivity index (χ1v) is 8.80. The highest BCUT2D eigenvalue weighted by atomic mass is 35.5. The molecule has 1 aromatic carbocycles. The van der Waals surface area contributed by atoms with Gasteiger partial charge in [-0.2, -0.15) is 0 Å². The summed E-state index contributed by atoms with van der Waals surface area (Å²) in [5, 5.41) is 7.80. The van der Waals surface area contributed by atoms with Gasteiger partial charge in [-0.3, -0.25) is 19.7 Å². The zero-order chi connectivity index (χ0) is 19.1. The third-order valence-electron chi connectivity index (χ3n) is 3.09. The Balaban J connectivity index is 1.81. The van der Waals surface area contributed by atoms with E-state index in [1.54, 1.807) is 13.0 Å². The molecule has 0 saturated heterocycles. The van der Waals surface area contributed by atoms with Crippen LogP contribution in [0.25, 0.3) is 10.1 Å². The van der Waals surface area contributed by atoms with Crippen molar-refractivity contribution < 1.29 is 23.9 Å². The van der Waals surface area contributed by atoms with Crippen molar-refractivity contribution in [3.05, 3.63) is 34.2 Å². The maximum atomic E-state index is 12.2. The minimum absolute atomic E-state index is 0.287. The summed E-state index contributed by atoms with van der Waals surface area (Å²) in [4.78, 5) is 46.6. The molecule has 0 saturated carbocycles. The monoisotopic (exact) mass is 397 g/mol. The predicted octanol–water partition coefficient (Wildman–Crippen LogP) is 1.67. The van der Waals surface area contributed by atoms with E-state index >= 15 is 0 Å². The molecule has 26 heavy (non-hydrogen) atoms. The van der Waals surface area contributed by atoms with Gasteiger partial charge in [-0.15, -0.1) is 11.3 Å². The number of ether oxygens (including phenoxy) is 1. The SMILES string of the molecule is CCNC(=O)NC(=O)COC(=O)CNC(=O)c1sc2ccccc2c1Cl. The number of imide groups is 1. The molecule has 0 bridgehead atoms. The molecule has 4 amide bonds. The summed E-state index contributed by atoms with van der Waals surface area (Å²) in [6, 6.07) is 6.60. The quantitative estimate of drug-likeness (QED) is 0.641.